The lowest BCUT2D eigenvalue weighted by atomic mass is 9.99. The molecule has 0 N–H and O–H groups in total. The Kier molecular flexibility index (Phi) is 3.28. The van der Waals surface area contributed by atoms with Gasteiger partial charge in [0, 0.05) is 12.8 Å². The summed E-state index contributed by atoms with van der Waals surface area (Å²) in [5.41, 5.74) is 0. The lowest BCUT2D eigenvalue weighted by molar-refractivity contribution is -0.120. The summed E-state index contributed by atoms with van der Waals surface area (Å²) in [6.07, 6.45) is 1.58. The molecule has 0 aromatic heterocycles. The Morgan fingerprint density at radius 3 is 2.71 bits per heavy atom. The summed E-state index contributed by atoms with van der Waals surface area (Å²) in [6.45, 7) is 0. The van der Waals surface area contributed by atoms with Crippen molar-refractivity contribution in [2.75, 3.05) is 0 Å². The first kappa shape index (κ1) is 12.2. The fourth-order valence-electron chi connectivity index (χ4n) is 2.09. The van der Waals surface area contributed by atoms with Gasteiger partial charge < -0.3 is 0 Å². The highest BCUT2D eigenvalue weighted by atomic mass is 32.2. The van der Waals surface area contributed by atoms with E-state index >= 15 is 0 Å². The molecule has 2 rings (SSSR count). The van der Waals surface area contributed by atoms with E-state index in [-0.39, 0.29) is 17.1 Å². The Bertz CT molecular complexity index is 536. The largest absolute Gasteiger partial charge is 0.300 e. The molecule has 1 aliphatic carbocycles. The highest BCUT2D eigenvalue weighted by molar-refractivity contribution is 7.92. The normalized spacial score (nSPS) is 21.5. The van der Waals surface area contributed by atoms with Gasteiger partial charge in [0.1, 0.15) is 11.6 Å². The molecule has 1 aliphatic rings. The van der Waals surface area contributed by atoms with Gasteiger partial charge in [-0.3, -0.25) is 4.79 Å². The summed E-state index contributed by atoms with van der Waals surface area (Å²) in [6, 6.07) is 4.95. The smallest absolute Gasteiger partial charge is 0.181 e. The van der Waals surface area contributed by atoms with Crippen molar-refractivity contribution in [1.82, 2.24) is 0 Å². The van der Waals surface area contributed by atoms with Gasteiger partial charge in [-0.15, -0.1) is 0 Å². The number of carbonyl (C=O) groups excluding carboxylic acids is 1. The summed E-state index contributed by atoms with van der Waals surface area (Å²) in [4.78, 5) is 11.2. The van der Waals surface area contributed by atoms with E-state index in [0.29, 0.717) is 19.3 Å². The molecule has 0 saturated heterocycles. The van der Waals surface area contributed by atoms with Crippen LogP contribution < -0.4 is 0 Å². The molecule has 92 valence electrons. The maximum absolute atomic E-state index is 13.0. The van der Waals surface area contributed by atoms with Gasteiger partial charge in [-0.05, 0) is 31.0 Å². The van der Waals surface area contributed by atoms with Crippen LogP contribution in [0.25, 0.3) is 0 Å². The summed E-state index contributed by atoms with van der Waals surface area (Å²) < 4.78 is 37.3. The minimum atomic E-state index is -3.58. The van der Waals surface area contributed by atoms with Crippen molar-refractivity contribution in [3.05, 3.63) is 30.1 Å². The number of sulfone groups is 1. The Morgan fingerprint density at radius 2 is 2.06 bits per heavy atom. The summed E-state index contributed by atoms with van der Waals surface area (Å²) >= 11 is 0. The van der Waals surface area contributed by atoms with E-state index in [0.717, 1.165) is 6.07 Å². The van der Waals surface area contributed by atoms with Gasteiger partial charge in [0.15, 0.2) is 9.84 Å². The number of Topliss-reactive ketones (excluding diaryl/α,β-unsaturated/α-hetero) is 1. The molecule has 1 fully saturated rings. The van der Waals surface area contributed by atoms with Crippen LogP contribution >= 0.6 is 0 Å². The molecule has 17 heavy (non-hydrogen) atoms. The van der Waals surface area contributed by atoms with Crippen molar-refractivity contribution in [2.24, 2.45) is 0 Å². The molecule has 0 radical (unpaired) electrons. The first-order valence-electron chi connectivity index (χ1n) is 5.51. The second-order valence-electron chi connectivity index (χ2n) is 4.26. The van der Waals surface area contributed by atoms with E-state index in [9.17, 15) is 17.6 Å². The number of rotatable bonds is 2. The van der Waals surface area contributed by atoms with Crippen molar-refractivity contribution in [2.45, 2.75) is 35.8 Å². The highest BCUT2D eigenvalue weighted by Crippen LogP contribution is 2.27. The Balaban J connectivity index is 2.33. The van der Waals surface area contributed by atoms with Crippen LogP contribution in [0.1, 0.15) is 25.7 Å². The number of ketones is 1. The van der Waals surface area contributed by atoms with Crippen LogP contribution in [0, 0.1) is 5.82 Å². The van der Waals surface area contributed by atoms with Gasteiger partial charge in [-0.1, -0.05) is 6.07 Å². The summed E-state index contributed by atoms with van der Waals surface area (Å²) in [7, 11) is -3.58. The number of halogens is 1. The monoisotopic (exact) mass is 256 g/mol. The van der Waals surface area contributed by atoms with Crippen LogP contribution in [0.3, 0.4) is 0 Å². The van der Waals surface area contributed by atoms with E-state index < -0.39 is 20.9 Å². The molecule has 1 atom stereocenters. The fraction of sp³-hybridized carbons (Fsp3) is 0.417. The molecular weight excluding hydrogens is 243 g/mol. The molecular formula is C12H13FO3S. The Hall–Kier alpha value is -1.23. The molecule has 0 aliphatic heterocycles. The zero-order valence-electron chi connectivity index (χ0n) is 9.23. The van der Waals surface area contributed by atoms with E-state index in [1.54, 1.807) is 0 Å². The van der Waals surface area contributed by atoms with Crippen LogP contribution in [0.15, 0.2) is 29.2 Å². The molecule has 1 aromatic carbocycles. The van der Waals surface area contributed by atoms with E-state index in [1.807, 2.05) is 0 Å². The summed E-state index contributed by atoms with van der Waals surface area (Å²) in [5.74, 6) is -0.602. The van der Waals surface area contributed by atoms with Crippen molar-refractivity contribution in [3.8, 4) is 0 Å². The molecule has 1 saturated carbocycles. The quantitative estimate of drug-likeness (QED) is 0.814. The first-order chi connectivity index (χ1) is 8.00. The maximum atomic E-state index is 13.0. The third-order valence-electron chi connectivity index (χ3n) is 3.00. The third kappa shape index (κ3) is 2.54. The Labute approximate surface area is 99.6 Å². The zero-order valence-corrected chi connectivity index (χ0v) is 10.0. The molecule has 3 nitrogen and oxygen atoms in total. The first-order valence-corrected chi connectivity index (χ1v) is 7.06. The van der Waals surface area contributed by atoms with Gasteiger partial charge in [-0.2, -0.15) is 0 Å². The van der Waals surface area contributed by atoms with Gasteiger partial charge >= 0.3 is 0 Å². The van der Waals surface area contributed by atoms with Crippen molar-refractivity contribution < 1.29 is 17.6 Å². The van der Waals surface area contributed by atoms with Crippen LogP contribution in [0.4, 0.5) is 4.39 Å². The predicted octanol–water partition coefficient (Wildman–Crippen LogP) is 2.11. The molecule has 1 aromatic rings. The average molecular weight is 256 g/mol. The van der Waals surface area contributed by atoms with Gasteiger partial charge in [0.2, 0.25) is 0 Å². The minimum absolute atomic E-state index is 0.0266. The second kappa shape index (κ2) is 4.56. The molecule has 0 bridgehead atoms. The highest BCUT2D eigenvalue weighted by Gasteiger charge is 2.32. The second-order valence-corrected chi connectivity index (χ2v) is 6.49. The predicted molar refractivity (Wildman–Crippen MR) is 60.8 cm³/mol. The topological polar surface area (TPSA) is 51.2 Å². The molecule has 0 spiro atoms. The number of carbonyl (C=O) groups is 1. The van der Waals surface area contributed by atoms with E-state index in [2.05, 4.69) is 0 Å². The number of hydrogen-bond acceptors (Lipinski definition) is 3. The molecule has 0 heterocycles. The lowest BCUT2D eigenvalue weighted by Crippen LogP contribution is -2.28. The average Bonchev–Trinajstić information content (AvgIpc) is 2.29. The van der Waals surface area contributed by atoms with Crippen molar-refractivity contribution in [3.63, 3.8) is 0 Å². The molecule has 1 unspecified atom stereocenters. The molecule has 5 heteroatoms. The zero-order chi connectivity index (χ0) is 12.5. The van der Waals surface area contributed by atoms with Gasteiger partial charge in [-0.25, -0.2) is 12.8 Å². The van der Waals surface area contributed by atoms with Crippen LogP contribution in [-0.2, 0) is 14.6 Å². The minimum Gasteiger partial charge on any atom is -0.300 e. The lowest BCUT2D eigenvalue weighted by Gasteiger charge is -2.20. The molecule has 0 amide bonds. The van der Waals surface area contributed by atoms with Gasteiger partial charge in [0.05, 0.1) is 10.1 Å². The van der Waals surface area contributed by atoms with Crippen molar-refractivity contribution >= 4 is 15.6 Å². The number of benzene rings is 1. The third-order valence-corrected chi connectivity index (χ3v) is 5.19. The van der Waals surface area contributed by atoms with Gasteiger partial charge in [0.25, 0.3) is 0 Å². The van der Waals surface area contributed by atoms with Crippen LogP contribution in [0.5, 0.6) is 0 Å². The van der Waals surface area contributed by atoms with E-state index in [4.69, 9.17) is 0 Å². The maximum Gasteiger partial charge on any atom is 0.181 e. The SMILES string of the molecule is O=C1CCCC(S(=O)(=O)c2cccc(F)c2)C1. The Morgan fingerprint density at radius 1 is 1.29 bits per heavy atom. The van der Waals surface area contributed by atoms with E-state index in [1.165, 1.54) is 18.2 Å². The fourth-order valence-corrected chi connectivity index (χ4v) is 3.90. The number of hydrogen-bond donors (Lipinski definition) is 0. The summed E-state index contributed by atoms with van der Waals surface area (Å²) in [5, 5.41) is -0.689. The van der Waals surface area contributed by atoms with Crippen LogP contribution in [0.2, 0.25) is 0 Å². The standard InChI is InChI=1S/C12H13FO3S/c13-9-3-1-5-11(7-9)17(15,16)12-6-2-4-10(14)8-12/h1,3,5,7,12H,2,4,6,8H2. The van der Waals surface area contributed by atoms with Crippen LogP contribution in [-0.4, -0.2) is 19.5 Å². The van der Waals surface area contributed by atoms with Crippen molar-refractivity contribution in [1.29, 1.82) is 0 Å².